The normalized spacial score (nSPS) is 14.9. The van der Waals surface area contributed by atoms with Crippen molar-refractivity contribution < 1.29 is 18.8 Å². The first-order chi connectivity index (χ1) is 17.7. The van der Waals surface area contributed by atoms with E-state index >= 15 is 0 Å². The fraction of sp³-hybridized carbons (Fsp3) is 0.407. The highest BCUT2D eigenvalue weighted by atomic mass is 32.1. The van der Waals surface area contributed by atoms with Crippen LogP contribution in [-0.2, 0) is 4.79 Å². The number of furan rings is 1. The summed E-state index contributed by atoms with van der Waals surface area (Å²) >= 11 is 0.779. The molecule has 1 aliphatic rings. The number of hydrogen-bond donors (Lipinski definition) is 3. The Balaban J connectivity index is 1.82. The van der Waals surface area contributed by atoms with Crippen LogP contribution in [0.1, 0.15) is 95.2 Å². The van der Waals surface area contributed by atoms with Crippen LogP contribution in [0.15, 0.2) is 40.8 Å². The molecule has 1 saturated carbocycles. The zero-order valence-electron chi connectivity index (χ0n) is 21.3. The molecule has 1 aromatic carbocycles. The summed E-state index contributed by atoms with van der Waals surface area (Å²) in [4.78, 5) is 41.1. The van der Waals surface area contributed by atoms with Gasteiger partial charge >= 0.3 is 0 Å². The fourth-order valence-electron chi connectivity index (χ4n) is 4.64. The van der Waals surface area contributed by atoms with Crippen molar-refractivity contribution in [2.45, 2.75) is 70.9 Å². The SMILES string of the molecule is Cc1ccc([C@@H](C(=O)NC2CCCCC2)N(C(=O)c2snc(C(N)=O)c2N)c2ccc(C(C)C)cc2)o1. The highest BCUT2D eigenvalue weighted by Crippen LogP contribution is 2.35. The van der Waals surface area contributed by atoms with Gasteiger partial charge in [-0.3, -0.25) is 19.3 Å². The minimum Gasteiger partial charge on any atom is -0.464 e. The first-order valence-electron chi connectivity index (χ1n) is 12.5. The lowest BCUT2D eigenvalue weighted by Gasteiger charge is -2.32. The molecular weight excluding hydrogens is 490 g/mol. The zero-order chi connectivity index (χ0) is 26.7. The molecule has 0 spiro atoms. The molecule has 3 aromatic rings. The molecule has 2 heterocycles. The van der Waals surface area contributed by atoms with E-state index in [1.165, 1.54) is 4.90 Å². The van der Waals surface area contributed by atoms with Gasteiger partial charge in [0.05, 0.1) is 5.69 Å². The summed E-state index contributed by atoms with van der Waals surface area (Å²) in [5.41, 5.74) is 12.8. The fourth-order valence-corrected chi connectivity index (χ4v) is 5.39. The summed E-state index contributed by atoms with van der Waals surface area (Å²) in [5, 5.41) is 3.14. The Labute approximate surface area is 220 Å². The number of benzene rings is 1. The topological polar surface area (TPSA) is 145 Å². The zero-order valence-corrected chi connectivity index (χ0v) is 22.1. The molecule has 1 fully saturated rings. The van der Waals surface area contributed by atoms with Gasteiger partial charge in [0.15, 0.2) is 11.7 Å². The van der Waals surface area contributed by atoms with Crippen molar-refractivity contribution in [3.05, 3.63) is 64.1 Å². The Bertz CT molecular complexity index is 1270. The van der Waals surface area contributed by atoms with Gasteiger partial charge in [-0.15, -0.1) is 0 Å². The van der Waals surface area contributed by atoms with E-state index in [1.807, 2.05) is 12.1 Å². The number of carbonyl (C=O) groups is 3. The molecule has 10 heteroatoms. The van der Waals surface area contributed by atoms with Gasteiger partial charge < -0.3 is 21.2 Å². The molecule has 5 N–H and O–H groups in total. The molecule has 0 aliphatic heterocycles. The number of aryl methyl sites for hydroxylation is 1. The molecule has 9 nitrogen and oxygen atoms in total. The largest absolute Gasteiger partial charge is 0.464 e. The van der Waals surface area contributed by atoms with Crippen LogP contribution in [0.25, 0.3) is 0 Å². The molecule has 0 bridgehead atoms. The summed E-state index contributed by atoms with van der Waals surface area (Å²) in [6.45, 7) is 5.93. The van der Waals surface area contributed by atoms with Gasteiger partial charge in [0.2, 0.25) is 0 Å². The third-order valence-electron chi connectivity index (χ3n) is 6.70. The van der Waals surface area contributed by atoms with E-state index in [4.69, 9.17) is 15.9 Å². The van der Waals surface area contributed by atoms with Gasteiger partial charge in [0.25, 0.3) is 17.7 Å². The average molecular weight is 524 g/mol. The van der Waals surface area contributed by atoms with Crippen LogP contribution in [0, 0.1) is 6.92 Å². The van der Waals surface area contributed by atoms with Crippen molar-refractivity contribution in [2.24, 2.45) is 5.73 Å². The van der Waals surface area contributed by atoms with Gasteiger partial charge in [-0.1, -0.05) is 45.2 Å². The standard InChI is InChI=1S/C27H33N5O4S/c1-15(2)17-10-12-19(13-11-17)32(27(35)24-21(28)22(25(29)33)31-37-24)23(20-14-9-16(3)36-20)26(34)30-18-7-5-4-6-8-18/h9-15,18,23H,4-8,28H2,1-3H3,(H2,29,33)(H,30,34)/t23-/m0/s1. The Hall–Kier alpha value is -3.66. The minimum atomic E-state index is -1.11. The first kappa shape index (κ1) is 26.4. The van der Waals surface area contributed by atoms with Gasteiger partial charge in [-0.2, -0.15) is 4.37 Å². The molecule has 37 heavy (non-hydrogen) atoms. The second kappa shape index (κ2) is 11.2. The maximum atomic E-state index is 14.1. The molecular formula is C27H33N5O4S. The van der Waals surface area contributed by atoms with Crippen molar-refractivity contribution in [3.8, 4) is 0 Å². The van der Waals surface area contributed by atoms with E-state index in [9.17, 15) is 14.4 Å². The summed E-state index contributed by atoms with van der Waals surface area (Å²) in [7, 11) is 0. The lowest BCUT2D eigenvalue weighted by molar-refractivity contribution is -0.123. The molecule has 2 aromatic heterocycles. The first-order valence-corrected chi connectivity index (χ1v) is 13.3. The molecule has 0 saturated heterocycles. The quantitative estimate of drug-likeness (QED) is 0.391. The van der Waals surface area contributed by atoms with Gasteiger partial charge in [-0.25, -0.2) is 0 Å². The number of hydrogen-bond acceptors (Lipinski definition) is 7. The number of rotatable bonds is 8. The maximum absolute atomic E-state index is 14.1. The van der Waals surface area contributed by atoms with Gasteiger partial charge in [0, 0.05) is 11.7 Å². The van der Waals surface area contributed by atoms with Crippen LogP contribution in [-0.4, -0.2) is 28.1 Å². The Morgan fingerprint density at radius 2 is 1.76 bits per heavy atom. The summed E-state index contributed by atoms with van der Waals surface area (Å²) < 4.78 is 9.90. The second-order valence-electron chi connectivity index (χ2n) is 9.75. The van der Waals surface area contributed by atoms with Crippen molar-refractivity contribution in [3.63, 3.8) is 0 Å². The molecule has 0 unspecified atom stereocenters. The van der Waals surface area contributed by atoms with E-state index < -0.39 is 17.9 Å². The molecule has 0 radical (unpaired) electrons. The van der Waals surface area contributed by atoms with Crippen molar-refractivity contribution in [1.82, 2.24) is 9.69 Å². The summed E-state index contributed by atoms with van der Waals surface area (Å²) in [6.07, 6.45) is 5.00. The monoisotopic (exact) mass is 523 g/mol. The molecule has 1 atom stereocenters. The number of amides is 3. The van der Waals surface area contributed by atoms with Gasteiger partial charge in [0.1, 0.15) is 16.4 Å². The van der Waals surface area contributed by atoms with E-state index in [1.54, 1.807) is 31.2 Å². The summed E-state index contributed by atoms with van der Waals surface area (Å²) in [6, 6.07) is 9.83. The number of nitrogens with one attached hydrogen (secondary N) is 1. The number of nitrogens with two attached hydrogens (primary N) is 2. The predicted octanol–water partition coefficient (Wildman–Crippen LogP) is 4.69. The Morgan fingerprint density at radius 1 is 1.08 bits per heavy atom. The van der Waals surface area contributed by atoms with Crippen LogP contribution in [0.4, 0.5) is 11.4 Å². The van der Waals surface area contributed by atoms with E-state index in [0.717, 1.165) is 49.2 Å². The van der Waals surface area contributed by atoms with Crippen LogP contribution < -0.4 is 21.7 Å². The van der Waals surface area contributed by atoms with E-state index in [0.29, 0.717) is 17.2 Å². The van der Waals surface area contributed by atoms with Gasteiger partial charge in [-0.05, 0) is 67.0 Å². The average Bonchev–Trinajstić information content (AvgIpc) is 3.48. The lowest BCUT2D eigenvalue weighted by atomic mass is 9.95. The predicted molar refractivity (Wildman–Crippen MR) is 144 cm³/mol. The smallest absolute Gasteiger partial charge is 0.273 e. The second-order valence-corrected chi connectivity index (χ2v) is 10.5. The molecule has 3 amide bonds. The molecule has 4 rings (SSSR count). The number of aromatic nitrogens is 1. The third kappa shape index (κ3) is 5.69. The minimum absolute atomic E-state index is 0.0232. The van der Waals surface area contributed by atoms with Crippen molar-refractivity contribution in [1.29, 1.82) is 0 Å². The van der Waals surface area contributed by atoms with Crippen LogP contribution in [0.2, 0.25) is 0 Å². The highest BCUT2D eigenvalue weighted by Gasteiger charge is 2.38. The van der Waals surface area contributed by atoms with Crippen molar-refractivity contribution >= 4 is 40.6 Å². The molecule has 1 aliphatic carbocycles. The molecule has 196 valence electrons. The number of nitrogen functional groups attached to an aromatic ring is 1. The summed E-state index contributed by atoms with van der Waals surface area (Å²) in [5.74, 6) is -0.523. The van der Waals surface area contributed by atoms with Crippen LogP contribution >= 0.6 is 11.5 Å². The Kier molecular flexibility index (Phi) is 7.97. The lowest BCUT2D eigenvalue weighted by Crippen LogP contribution is -2.47. The van der Waals surface area contributed by atoms with E-state index in [2.05, 4.69) is 23.5 Å². The number of anilines is 2. The number of carbonyl (C=O) groups excluding carboxylic acids is 3. The third-order valence-corrected chi connectivity index (χ3v) is 7.55. The maximum Gasteiger partial charge on any atom is 0.273 e. The highest BCUT2D eigenvalue weighted by molar-refractivity contribution is 7.09. The van der Waals surface area contributed by atoms with Crippen LogP contribution in [0.5, 0.6) is 0 Å². The number of primary amides is 1. The van der Waals surface area contributed by atoms with Crippen LogP contribution in [0.3, 0.4) is 0 Å². The van der Waals surface area contributed by atoms with E-state index in [-0.39, 0.29) is 34.1 Å². The number of nitrogens with zero attached hydrogens (tertiary/aromatic N) is 2. The Morgan fingerprint density at radius 3 is 2.30 bits per heavy atom. The van der Waals surface area contributed by atoms with Crippen molar-refractivity contribution in [2.75, 3.05) is 10.6 Å².